The van der Waals surface area contributed by atoms with Crippen molar-refractivity contribution in [3.05, 3.63) is 95.1 Å². The second kappa shape index (κ2) is 9.70. The minimum atomic E-state index is -1.23. The number of fused-ring (bicyclic) bond motifs is 1. The Morgan fingerprint density at radius 2 is 1.70 bits per heavy atom. The van der Waals surface area contributed by atoms with Crippen LogP contribution in [-0.4, -0.2) is 23.8 Å². The van der Waals surface area contributed by atoms with Crippen LogP contribution in [0.3, 0.4) is 0 Å². The Morgan fingerprint density at radius 1 is 1.00 bits per heavy atom. The maximum absolute atomic E-state index is 11.8. The van der Waals surface area contributed by atoms with E-state index in [0.29, 0.717) is 18.1 Å². The number of ether oxygens (including phenoxy) is 2. The first-order valence-electron chi connectivity index (χ1n) is 11.7. The number of methoxy groups -OCH3 is 1. The molecule has 4 rings (SSSR count). The van der Waals surface area contributed by atoms with Crippen LogP contribution in [-0.2, 0) is 11.2 Å². The van der Waals surface area contributed by atoms with E-state index in [1.165, 1.54) is 22.3 Å². The molecule has 0 amide bonds. The molecule has 3 aromatic rings. The van der Waals surface area contributed by atoms with Crippen LogP contribution in [0.5, 0.6) is 11.5 Å². The van der Waals surface area contributed by atoms with E-state index in [1.54, 1.807) is 14.0 Å². The van der Waals surface area contributed by atoms with Crippen molar-refractivity contribution in [2.45, 2.75) is 57.0 Å². The Balaban J connectivity index is 1.70. The predicted molar refractivity (Wildman–Crippen MR) is 130 cm³/mol. The molecule has 1 aliphatic carbocycles. The Hall–Kier alpha value is -3.27. The summed E-state index contributed by atoms with van der Waals surface area (Å²) in [5, 5.41) is 9.66. The molecule has 3 unspecified atom stereocenters. The first-order valence-corrected chi connectivity index (χ1v) is 11.7. The molecule has 0 saturated carbocycles. The second-order valence-corrected chi connectivity index (χ2v) is 9.06. The molecule has 33 heavy (non-hydrogen) atoms. The zero-order valence-electron chi connectivity index (χ0n) is 19.6. The quantitative estimate of drug-likeness (QED) is 0.426. The molecule has 3 aromatic carbocycles. The number of carboxylic acids is 1. The van der Waals surface area contributed by atoms with Gasteiger partial charge in [0.1, 0.15) is 11.5 Å². The third-order valence-corrected chi connectivity index (χ3v) is 6.80. The van der Waals surface area contributed by atoms with Crippen molar-refractivity contribution >= 4 is 5.97 Å². The van der Waals surface area contributed by atoms with Crippen molar-refractivity contribution in [3.63, 3.8) is 0 Å². The van der Waals surface area contributed by atoms with Gasteiger partial charge in [0, 0.05) is 5.92 Å². The average molecular weight is 445 g/mol. The van der Waals surface area contributed by atoms with Gasteiger partial charge >= 0.3 is 5.97 Å². The molecule has 0 spiro atoms. The van der Waals surface area contributed by atoms with E-state index >= 15 is 0 Å². The van der Waals surface area contributed by atoms with Crippen LogP contribution in [0.1, 0.15) is 67.2 Å². The summed E-state index contributed by atoms with van der Waals surface area (Å²) in [6, 6.07) is 25.1. The highest BCUT2D eigenvalue weighted by Crippen LogP contribution is 2.47. The fourth-order valence-corrected chi connectivity index (χ4v) is 5.08. The molecular formula is C29H32O4. The van der Waals surface area contributed by atoms with Crippen LogP contribution in [0.25, 0.3) is 0 Å². The van der Waals surface area contributed by atoms with Crippen molar-refractivity contribution in [1.29, 1.82) is 0 Å². The molecule has 4 heteroatoms. The number of benzene rings is 3. The lowest BCUT2D eigenvalue weighted by Crippen LogP contribution is -2.41. The van der Waals surface area contributed by atoms with Gasteiger partial charge in [-0.3, -0.25) is 0 Å². The molecule has 0 fully saturated rings. The Kier molecular flexibility index (Phi) is 6.73. The van der Waals surface area contributed by atoms with Crippen molar-refractivity contribution in [1.82, 2.24) is 0 Å². The fraction of sp³-hybridized carbons (Fsp3) is 0.345. The van der Waals surface area contributed by atoms with Gasteiger partial charge in [0.25, 0.3) is 0 Å². The summed E-state index contributed by atoms with van der Waals surface area (Å²) >= 11 is 0. The zero-order chi connectivity index (χ0) is 23.4. The molecule has 0 saturated heterocycles. The standard InChI is InChI=1S/C29H32O4/c1-4-18-29(2,28(30)31)33-23-13-10-21(11-14-23)27-25(20-8-6-5-7-9-20)16-12-22-19-24(32-3)15-17-26(22)27/h5-11,13-15,17,19,25,27H,4,12,16,18H2,1-3H3,(H,30,31). The van der Waals surface area contributed by atoms with Crippen LogP contribution in [0, 0.1) is 0 Å². The highest BCUT2D eigenvalue weighted by molar-refractivity contribution is 5.77. The molecule has 0 radical (unpaired) electrons. The summed E-state index contributed by atoms with van der Waals surface area (Å²) in [5.41, 5.74) is 3.97. The molecule has 0 heterocycles. The van der Waals surface area contributed by atoms with E-state index in [1.807, 2.05) is 25.1 Å². The van der Waals surface area contributed by atoms with Crippen molar-refractivity contribution < 1.29 is 19.4 Å². The van der Waals surface area contributed by atoms with E-state index < -0.39 is 11.6 Å². The lowest BCUT2D eigenvalue weighted by atomic mass is 9.69. The van der Waals surface area contributed by atoms with Gasteiger partial charge in [0.05, 0.1) is 7.11 Å². The van der Waals surface area contributed by atoms with Gasteiger partial charge in [-0.1, -0.05) is 61.9 Å². The van der Waals surface area contributed by atoms with Gasteiger partial charge in [0.15, 0.2) is 0 Å². The normalized spacial score (nSPS) is 19.2. The summed E-state index contributed by atoms with van der Waals surface area (Å²) < 4.78 is 11.4. The molecule has 4 nitrogen and oxygen atoms in total. The monoisotopic (exact) mass is 444 g/mol. The topological polar surface area (TPSA) is 55.8 Å². The van der Waals surface area contributed by atoms with Crippen LogP contribution in [0.2, 0.25) is 0 Å². The van der Waals surface area contributed by atoms with Gasteiger partial charge < -0.3 is 14.6 Å². The average Bonchev–Trinajstić information content (AvgIpc) is 2.84. The van der Waals surface area contributed by atoms with Gasteiger partial charge in [-0.25, -0.2) is 4.79 Å². The molecule has 0 aromatic heterocycles. The molecule has 0 aliphatic heterocycles. The third kappa shape index (κ3) is 4.75. The molecule has 1 aliphatic rings. The molecule has 1 N–H and O–H groups in total. The van der Waals surface area contributed by atoms with E-state index in [-0.39, 0.29) is 5.92 Å². The number of aliphatic carboxylic acids is 1. The first-order chi connectivity index (χ1) is 15.9. The van der Waals surface area contributed by atoms with Gasteiger partial charge in [0.2, 0.25) is 5.60 Å². The number of aryl methyl sites for hydroxylation is 1. The van der Waals surface area contributed by atoms with E-state index in [2.05, 4.69) is 54.6 Å². The zero-order valence-corrected chi connectivity index (χ0v) is 19.6. The van der Waals surface area contributed by atoms with E-state index in [0.717, 1.165) is 25.0 Å². The smallest absolute Gasteiger partial charge is 0.347 e. The second-order valence-electron chi connectivity index (χ2n) is 9.06. The van der Waals surface area contributed by atoms with E-state index in [9.17, 15) is 9.90 Å². The highest BCUT2D eigenvalue weighted by Gasteiger charge is 2.35. The maximum Gasteiger partial charge on any atom is 0.347 e. The molecule has 0 bridgehead atoms. The fourth-order valence-electron chi connectivity index (χ4n) is 5.08. The molecule has 3 atom stereocenters. The minimum Gasteiger partial charge on any atom is -0.497 e. The van der Waals surface area contributed by atoms with Gasteiger partial charge in [-0.05, 0) is 78.6 Å². The lowest BCUT2D eigenvalue weighted by molar-refractivity contribution is -0.154. The Morgan fingerprint density at radius 3 is 2.33 bits per heavy atom. The molecule has 172 valence electrons. The SMILES string of the molecule is CCCC(C)(Oc1ccc(C2c3ccc(OC)cc3CCC2c2ccccc2)cc1)C(=O)O. The van der Waals surface area contributed by atoms with Crippen LogP contribution in [0.15, 0.2) is 72.8 Å². The van der Waals surface area contributed by atoms with E-state index in [4.69, 9.17) is 9.47 Å². The Bertz CT molecular complexity index is 1090. The minimum absolute atomic E-state index is 0.206. The number of hydrogen-bond acceptors (Lipinski definition) is 3. The highest BCUT2D eigenvalue weighted by atomic mass is 16.5. The van der Waals surface area contributed by atoms with Gasteiger partial charge in [-0.2, -0.15) is 0 Å². The van der Waals surface area contributed by atoms with Gasteiger partial charge in [-0.15, -0.1) is 0 Å². The number of carboxylic acid groups (broad SMARTS) is 1. The largest absolute Gasteiger partial charge is 0.497 e. The van der Waals surface area contributed by atoms with Crippen LogP contribution in [0.4, 0.5) is 0 Å². The number of rotatable bonds is 8. The number of hydrogen-bond donors (Lipinski definition) is 1. The Labute approximate surface area is 196 Å². The summed E-state index contributed by atoms with van der Waals surface area (Å²) in [7, 11) is 1.71. The van der Waals surface area contributed by atoms with Crippen molar-refractivity contribution in [2.24, 2.45) is 0 Å². The predicted octanol–water partition coefficient (Wildman–Crippen LogP) is 6.58. The third-order valence-electron chi connectivity index (χ3n) is 6.80. The summed E-state index contributed by atoms with van der Waals surface area (Å²) in [6.07, 6.45) is 3.26. The van der Waals surface area contributed by atoms with Crippen LogP contribution >= 0.6 is 0 Å². The number of carbonyl (C=O) groups is 1. The lowest BCUT2D eigenvalue weighted by Gasteiger charge is -2.35. The summed E-state index contributed by atoms with van der Waals surface area (Å²) in [4.78, 5) is 11.8. The van der Waals surface area contributed by atoms with Crippen molar-refractivity contribution in [3.8, 4) is 11.5 Å². The first kappa shape index (κ1) is 22.9. The summed E-state index contributed by atoms with van der Waals surface area (Å²) in [6.45, 7) is 3.61. The molecular weight excluding hydrogens is 412 g/mol. The van der Waals surface area contributed by atoms with Crippen molar-refractivity contribution in [2.75, 3.05) is 7.11 Å². The summed E-state index contributed by atoms with van der Waals surface area (Å²) in [5.74, 6) is 1.10. The maximum atomic E-state index is 11.8. The van der Waals surface area contributed by atoms with Crippen LogP contribution < -0.4 is 9.47 Å².